The van der Waals surface area contributed by atoms with E-state index in [0.717, 1.165) is 37.4 Å². The minimum absolute atomic E-state index is 0.229. The van der Waals surface area contributed by atoms with Crippen LogP contribution in [0.15, 0.2) is 24.3 Å². The number of benzene rings is 1. The number of carbonyl (C=O) groups is 1. The molecule has 1 atom stereocenters. The number of amides is 1. The monoisotopic (exact) mass is 340 g/mol. The molecule has 0 radical (unpaired) electrons. The van der Waals surface area contributed by atoms with E-state index in [9.17, 15) is 4.79 Å². The van der Waals surface area contributed by atoms with Crippen molar-refractivity contribution in [2.45, 2.75) is 46.6 Å². The number of piperazine rings is 1. The lowest BCUT2D eigenvalue weighted by Crippen LogP contribution is -2.54. The molecule has 1 aromatic heterocycles. The SMILES string of the molecule is Cc1ccccc1N1CCN(C(=O)CCc2c(C)n[nH]c2C)C(C)C1. The van der Waals surface area contributed by atoms with Crippen LogP contribution in [0.2, 0.25) is 0 Å². The fourth-order valence-electron chi connectivity index (χ4n) is 3.78. The third-order valence-electron chi connectivity index (χ3n) is 5.27. The molecule has 0 saturated carbocycles. The minimum atomic E-state index is 0.229. The van der Waals surface area contributed by atoms with Crippen LogP contribution in [0.5, 0.6) is 0 Å². The van der Waals surface area contributed by atoms with Crippen molar-refractivity contribution in [1.29, 1.82) is 0 Å². The van der Waals surface area contributed by atoms with Crippen LogP contribution in [0, 0.1) is 20.8 Å². The number of hydrogen-bond donors (Lipinski definition) is 1. The number of hydrogen-bond acceptors (Lipinski definition) is 3. The Balaban J connectivity index is 1.59. The van der Waals surface area contributed by atoms with Gasteiger partial charge in [-0.2, -0.15) is 5.10 Å². The minimum Gasteiger partial charge on any atom is -0.367 e. The van der Waals surface area contributed by atoms with Crippen molar-refractivity contribution in [3.8, 4) is 0 Å². The lowest BCUT2D eigenvalue weighted by atomic mass is 10.1. The summed E-state index contributed by atoms with van der Waals surface area (Å²) in [5.74, 6) is 0.247. The first-order valence-corrected chi connectivity index (χ1v) is 9.08. The van der Waals surface area contributed by atoms with E-state index in [-0.39, 0.29) is 11.9 Å². The Kier molecular flexibility index (Phi) is 5.11. The number of nitrogens with one attached hydrogen (secondary N) is 1. The maximum absolute atomic E-state index is 12.7. The van der Waals surface area contributed by atoms with Crippen LogP contribution in [0.3, 0.4) is 0 Å². The average molecular weight is 340 g/mol. The van der Waals surface area contributed by atoms with Gasteiger partial charge in [-0.25, -0.2) is 0 Å². The quantitative estimate of drug-likeness (QED) is 0.931. The Morgan fingerprint density at radius 3 is 2.64 bits per heavy atom. The maximum atomic E-state index is 12.7. The topological polar surface area (TPSA) is 52.2 Å². The van der Waals surface area contributed by atoms with Crippen LogP contribution >= 0.6 is 0 Å². The maximum Gasteiger partial charge on any atom is 0.223 e. The van der Waals surface area contributed by atoms with Crippen LogP contribution in [-0.4, -0.2) is 46.7 Å². The smallest absolute Gasteiger partial charge is 0.223 e. The molecule has 1 unspecified atom stereocenters. The molecule has 0 bridgehead atoms. The summed E-state index contributed by atoms with van der Waals surface area (Å²) in [5.41, 5.74) is 5.83. The molecule has 134 valence electrons. The van der Waals surface area contributed by atoms with Gasteiger partial charge in [-0.15, -0.1) is 0 Å². The summed E-state index contributed by atoms with van der Waals surface area (Å²) in [5, 5.41) is 7.21. The Hall–Kier alpha value is -2.30. The number of aryl methyl sites for hydroxylation is 3. The summed E-state index contributed by atoms with van der Waals surface area (Å²) >= 11 is 0. The highest BCUT2D eigenvalue weighted by Gasteiger charge is 2.27. The van der Waals surface area contributed by atoms with Crippen LogP contribution in [-0.2, 0) is 11.2 Å². The van der Waals surface area contributed by atoms with Crippen molar-refractivity contribution in [3.63, 3.8) is 0 Å². The van der Waals surface area contributed by atoms with Crippen molar-refractivity contribution < 1.29 is 4.79 Å². The van der Waals surface area contributed by atoms with E-state index in [1.807, 2.05) is 18.7 Å². The predicted octanol–water partition coefficient (Wildman–Crippen LogP) is 3.00. The lowest BCUT2D eigenvalue weighted by molar-refractivity contribution is -0.133. The van der Waals surface area contributed by atoms with Crippen LogP contribution in [0.25, 0.3) is 0 Å². The molecule has 25 heavy (non-hydrogen) atoms. The fraction of sp³-hybridized carbons (Fsp3) is 0.500. The van der Waals surface area contributed by atoms with Crippen LogP contribution < -0.4 is 4.90 Å². The van der Waals surface area contributed by atoms with Gasteiger partial charge in [-0.1, -0.05) is 18.2 Å². The molecule has 1 N–H and O–H groups in total. The molecule has 5 heteroatoms. The summed E-state index contributed by atoms with van der Waals surface area (Å²) < 4.78 is 0. The third kappa shape index (κ3) is 3.70. The molecule has 3 rings (SSSR count). The van der Waals surface area contributed by atoms with E-state index in [1.54, 1.807) is 0 Å². The van der Waals surface area contributed by atoms with E-state index >= 15 is 0 Å². The van der Waals surface area contributed by atoms with E-state index < -0.39 is 0 Å². The van der Waals surface area contributed by atoms with Gasteiger partial charge in [0.15, 0.2) is 0 Å². The first-order valence-electron chi connectivity index (χ1n) is 9.08. The molecular formula is C20H28N4O. The van der Waals surface area contributed by atoms with E-state index in [4.69, 9.17) is 0 Å². The summed E-state index contributed by atoms with van der Waals surface area (Å²) in [7, 11) is 0. The second-order valence-electron chi connectivity index (χ2n) is 7.08. The van der Waals surface area contributed by atoms with Crippen molar-refractivity contribution in [2.75, 3.05) is 24.5 Å². The number of rotatable bonds is 4. The molecule has 2 aromatic rings. The first kappa shape index (κ1) is 17.5. The normalized spacial score (nSPS) is 17.8. The predicted molar refractivity (Wildman–Crippen MR) is 101 cm³/mol. The van der Waals surface area contributed by atoms with E-state index in [0.29, 0.717) is 6.42 Å². The highest BCUT2D eigenvalue weighted by atomic mass is 16.2. The number of anilines is 1. The first-order chi connectivity index (χ1) is 12.0. The van der Waals surface area contributed by atoms with Gasteiger partial charge in [-0.05, 0) is 51.3 Å². The van der Waals surface area contributed by atoms with Gasteiger partial charge >= 0.3 is 0 Å². The van der Waals surface area contributed by atoms with Gasteiger partial charge in [0.1, 0.15) is 0 Å². The molecule has 5 nitrogen and oxygen atoms in total. The number of aromatic amines is 1. The number of aromatic nitrogens is 2. The molecule has 1 amide bonds. The number of para-hydroxylation sites is 1. The van der Waals surface area contributed by atoms with Crippen LogP contribution in [0.4, 0.5) is 5.69 Å². The van der Waals surface area contributed by atoms with E-state index in [2.05, 4.69) is 53.2 Å². The molecule has 1 aliphatic rings. The summed E-state index contributed by atoms with van der Waals surface area (Å²) in [6.07, 6.45) is 1.31. The second kappa shape index (κ2) is 7.30. The lowest BCUT2D eigenvalue weighted by Gasteiger charge is -2.41. The average Bonchev–Trinajstić information content (AvgIpc) is 2.91. The molecule has 1 fully saturated rings. The molecule has 0 spiro atoms. The molecule has 2 heterocycles. The summed E-state index contributed by atoms with van der Waals surface area (Å²) in [4.78, 5) is 17.2. The Morgan fingerprint density at radius 2 is 2.00 bits per heavy atom. The van der Waals surface area contributed by atoms with E-state index in [1.165, 1.54) is 16.8 Å². The zero-order valence-electron chi connectivity index (χ0n) is 15.7. The largest absolute Gasteiger partial charge is 0.367 e. The van der Waals surface area contributed by atoms with Gasteiger partial charge < -0.3 is 9.80 Å². The van der Waals surface area contributed by atoms with Crippen LogP contribution in [0.1, 0.15) is 35.9 Å². The Labute approximate surface area is 150 Å². The van der Waals surface area contributed by atoms with Gasteiger partial charge in [0.2, 0.25) is 5.91 Å². The molecule has 0 aliphatic carbocycles. The molecule has 1 aromatic carbocycles. The van der Waals surface area contributed by atoms with Crippen molar-refractivity contribution >= 4 is 11.6 Å². The van der Waals surface area contributed by atoms with Gasteiger partial charge in [0.05, 0.1) is 5.69 Å². The number of H-pyrrole nitrogens is 1. The number of nitrogens with zero attached hydrogens (tertiary/aromatic N) is 3. The van der Waals surface area contributed by atoms with Crippen molar-refractivity contribution in [2.24, 2.45) is 0 Å². The number of carbonyl (C=O) groups excluding carboxylic acids is 1. The molecular weight excluding hydrogens is 312 g/mol. The zero-order valence-corrected chi connectivity index (χ0v) is 15.7. The standard InChI is InChI=1S/C20H28N4O/c1-14-7-5-6-8-19(14)23-11-12-24(15(2)13-23)20(25)10-9-18-16(3)21-22-17(18)4/h5-8,15H,9-13H2,1-4H3,(H,21,22). The fourth-order valence-corrected chi connectivity index (χ4v) is 3.78. The highest BCUT2D eigenvalue weighted by molar-refractivity contribution is 5.77. The van der Waals surface area contributed by atoms with Gasteiger partial charge in [0, 0.05) is 43.5 Å². The molecule has 1 aliphatic heterocycles. The Bertz CT molecular complexity index is 732. The zero-order chi connectivity index (χ0) is 18.0. The van der Waals surface area contributed by atoms with Gasteiger partial charge in [-0.3, -0.25) is 9.89 Å². The van der Waals surface area contributed by atoms with Gasteiger partial charge in [0.25, 0.3) is 0 Å². The van der Waals surface area contributed by atoms with Crippen molar-refractivity contribution in [3.05, 3.63) is 46.8 Å². The molecule has 1 saturated heterocycles. The highest BCUT2D eigenvalue weighted by Crippen LogP contribution is 2.23. The summed E-state index contributed by atoms with van der Waals surface area (Å²) in [6.45, 7) is 10.9. The second-order valence-corrected chi connectivity index (χ2v) is 7.08. The van der Waals surface area contributed by atoms with Crippen molar-refractivity contribution in [1.82, 2.24) is 15.1 Å². The summed E-state index contributed by atoms with van der Waals surface area (Å²) in [6, 6.07) is 8.70. The third-order valence-corrected chi connectivity index (χ3v) is 5.27. The Morgan fingerprint density at radius 1 is 1.24 bits per heavy atom.